The van der Waals surface area contributed by atoms with Crippen molar-refractivity contribution in [2.45, 2.75) is 30.2 Å². The Balaban J connectivity index is 2.37. The lowest BCUT2D eigenvalue weighted by Gasteiger charge is -2.16. The lowest BCUT2D eigenvalue weighted by molar-refractivity contribution is -0.275. The Bertz CT molecular complexity index is 980. The highest BCUT2D eigenvalue weighted by Crippen LogP contribution is 2.36. The molecule has 0 unspecified atom stereocenters. The molecular formula is C16H10F9NO3S. The molecule has 166 valence electrons. The van der Waals surface area contributed by atoms with Crippen LogP contribution in [0, 0.1) is 0 Å². The lowest BCUT2D eigenvalue weighted by atomic mass is 10.0. The second-order valence-electron chi connectivity index (χ2n) is 5.73. The first kappa shape index (κ1) is 23.8. The molecular weight excluding hydrogens is 457 g/mol. The molecule has 0 saturated carbocycles. The summed E-state index contributed by atoms with van der Waals surface area (Å²) < 4.78 is 144. The van der Waals surface area contributed by atoms with Crippen LogP contribution in [-0.4, -0.2) is 14.8 Å². The molecule has 0 aliphatic rings. The monoisotopic (exact) mass is 467 g/mol. The van der Waals surface area contributed by atoms with E-state index in [2.05, 4.69) is 4.74 Å². The third-order valence-electron chi connectivity index (χ3n) is 3.48. The van der Waals surface area contributed by atoms with Crippen molar-refractivity contribution in [3.63, 3.8) is 0 Å². The van der Waals surface area contributed by atoms with Crippen molar-refractivity contribution < 1.29 is 52.7 Å². The van der Waals surface area contributed by atoms with Gasteiger partial charge in [-0.2, -0.15) is 26.3 Å². The van der Waals surface area contributed by atoms with E-state index in [0.29, 0.717) is 6.07 Å². The van der Waals surface area contributed by atoms with Crippen LogP contribution in [0.5, 0.6) is 5.75 Å². The summed E-state index contributed by atoms with van der Waals surface area (Å²) in [5.74, 6) is -1.13. The van der Waals surface area contributed by atoms with Gasteiger partial charge in [0.25, 0.3) is 0 Å². The molecule has 30 heavy (non-hydrogen) atoms. The molecule has 2 rings (SSSR count). The normalized spacial score (nSPS) is 13.4. The highest BCUT2D eigenvalue weighted by atomic mass is 32.2. The maximum absolute atomic E-state index is 12.9. The topological polar surface area (TPSA) is 55.4 Å². The fraction of sp³-hybridized carbons (Fsp3) is 0.250. The van der Waals surface area contributed by atoms with Crippen molar-refractivity contribution >= 4 is 10.0 Å². The fourth-order valence-corrected chi connectivity index (χ4v) is 3.40. The summed E-state index contributed by atoms with van der Waals surface area (Å²) in [7, 11) is -4.80. The third kappa shape index (κ3) is 6.26. The summed E-state index contributed by atoms with van der Waals surface area (Å²) in [5, 5.41) is 0. The minimum Gasteiger partial charge on any atom is -0.404 e. The summed E-state index contributed by atoms with van der Waals surface area (Å²) in [6, 6.07) is 3.90. The Labute approximate surface area is 163 Å². The largest absolute Gasteiger partial charge is 0.573 e. The van der Waals surface area contributed by atoms with Crippen LogP contribution in [0.2, 0.25) is 0 Å². The van der Waals surface area contributed by atoms with E-state index in [1.165, 1.54) is 0 Å². The molecule has 2 aromatic carbocycles. The minimum atomic E-state index is -5.24. The van der Waals surface area contributed by atoms with Gasteiger partial charge >= 0.3 is 18.7 Å². The SMILES string of the molecule is O=S(=O)(NCc1cc(C(F)(F)F)cc(C(F)(F)F)c1)c1ccccc1OC(F)(F)F. The molecule has 0 amide bonds. The van der Waals surface area contributed by atoms with E-state index in [-0.39, 0.29) is 18.2 Å². The number of benzene rings is 2. The van der Waals surface area contributed by atoms with Crippen LogP contribution in [0.1, 0.15) is 16.7 Å². The molecule has 1 N–H and O–H groups in total. The van der Waals surface area contributed by atoms with E-state index >= 15 is 0 Å². The van der Waals surface area contributed by atoms with Crippen molar-refractivity contribution in [3.8, 4) is 5.75 Å². The zero-order valence-electron chi connectivity index (χ0n) is 14.3. The van der Waals surface area contributed by atoms with E-state index in [4.69, 9.17) is 0 Å². The number of rotatable bonds is 5. The van der Waals surface area contributed by atoms with Gasteiger partial charge in [-0.3, -0.25) is 0 Å². The molecule has 2 aromatic rings. The van der Waals surface area contributed by atoms with Gasteiger partial charge in [0.2, 0.25) is 10.0 Å². The molecule has 0 bridgehead atoms. The van der Waals surface area contributed by atoms with Gasteiger partial charge in [0.15, 0.2) is 0 Å². The first-order valence-electron chi connectivity index (χ1n) is 7.62. The van der Waals surface area contributed by atoms with Gasteiger partial charge in [-0.25, -0.2) is 13.1 Å². The third-order valence-corrected chi connectivity index (χ3v) is 4.92. The van der Waals surface area contributed by atoms with Crippen molar-refractivity contribution in [3.05, 3.63) is 59.2 Å². The molecule has 0 aliphatic carbocycles. The Morgan fingerprint density at radius 1 is 0.800 bits per heavy atom. The van der Waals surface area contributed by atoms with Crippen LogP contribution < -0.4 is 9.46 Å². The summed E-state index contributed by atoms with van der Waals surface area (Å²) in [6.45, 7) is -1.06. The Morgan fingerprint density at radius 2 is 1.30 bits per heavy atom. The maximum atomic E-state index is 12.9. The number of sulfonamides is 1. The molecule has 0 saturated heterocycles. The van der Waals surface area contributed by atoms with E-state index in [1.54, 1.807) is 4.72 Å². The van der Waals surface area contributed by atoms with E-state index in [0.717, 1.165) is 18.2 Å². The van der Waals surface area contributed by atoms with Gasteiger partial charge in [0.05, 0.1) is 11.1 Å². The number of hydrogen-bond donors (Lipinski definition) is 1. The van der Waals surface area contributed by atoms with Gasteiger partial charge in [0, 0.05) is 6.54 Å². The standard InChI is InChI=1S/C16H10F9NO3S/c17-14(18,19)10-5-9(6-11(7-10)15(20,21)22)8-26-30(27,28)13-4-2-1-3-12(13)29-16(23,24)25/h1-7,26H,8H2. The van der Waals surface area contributed by atoms with Gasteiger partial charge in [-0.1, -0.05) is 12.1 Å². The van der Waals surface area contributed by atoms with Crippen molar-refractivity contribution in [2.24, 2.45) is 0 Å². The van der Waals surface area contributed by atoms with Crippen LogP contribution >= 0.6 is 0 Å². The molecule has 0 radical (unpaired) electrons. The number of ether oxygens (including phenoxy) is 1. The van der Waals surface area contributed by atoms with Crippen molar-refractivity contribution in [2.75, 3.05) is 0 Å². The van der Waals surface area contributed by atoms with E-state index < -0.39 is 62.6 Å². The zero-order chi connectivity index (χ0) is 23.0. The average molecular weight is 467 g/mol. The molecule has 0 aliphatic heterocycles. The molecule has 0 aromatic heterocycles. The highest BCUT2D eigenvalue weighted by Gasteiger charge is 2.37. The number of halogens is 9. The summed E-state index contributed by atoms with van der Waals surface area (Å²) in [4.78, 5) is -1.01. The number of hydrogen-bond acceptors (Lipinski definition) is 3. The predicted molar refractivity (Wildman–Crippen MR) is 83.6 cm³/mol. The molecule has 0 spiro atoms. The highest BCUT2D eigenvalue weighted by molar-refractivity contribution is 7.89. The second-order valence-corrected chi connectivity index (χ2v) is 7.47. The Kier molecular flexibility index (Phi) is 6.33. The molecule has 0 atom stereocenters. The number of para-hydroxylation sites is 1. The summed E-state index contributed by atoms with van der Waals surface area (Å²) in [6.07, 6.45) is -15.5. The van der Waals surface area contributed by atoms with Gasteiger partial charge in [-0.05, 0) is 35.9 Å². The van der Waals surface area contributed by atoms with Crippen LogP contribution in [0.15, 0.2) is 47.4 Å². The van der Waals surface area contributed by atoms with E-state index in [9.17, 15) is 47.9 Å². The predicted octanol–water partition coefficient (Wildman–Crippen LogP) is 5.10. The van der Waals surface area contributed by atoms with Gasteiger partial charge in [-0.15, -0.1) is 13.2 Å². The smallest absolute Gasteiger partial charge is 0.404 e. The maximum Gasteiger partial charge on any atom is 0.573 e. The van der Waals surface area contributed by atoms with Crippen molar-refractivity contribution in [1.82, 2.24) is 4.72 Å². The quantitative estimate of drug-likeness (QED) is 0.623. The van der Waals surface area contributed by atoms with Gasteiger partial charge in [0.1, 0.15) is 10.6 Å². The Morgan fingerprint density at radius 3 is 1.77 bits per heavy atom. The van der Waals surface area contributed by atoms with Crippen LogP contribution in [0.25, 0.3) is 0 Å². The van der Waals surface area contributed by atoms with Crippen LogP contribution in [0.4, 0.5) is 39.5 Å². The lowest BCUT2D eigenvalue weighted by Crippen LogP contribution is -2.26. The molecule has 0 heterocycles. The summed E-state index contributed by atoms with van der Waals surface area (Å²) in [5.41, 5.74) is -4.06. The minimum absolute atomic E-state index is 0.148. The first-order valence-corrected chi connectivity index (χ1v) is 9.10. The molecule has 14 heteroatoms. The number of nitrogens with one attached hydrogen (secondary N) is 1. The average Bonchev–Trinajstić information content (AvgIpc) is 2.57. The summed E-state index contributed by atoms with van der Waals surface area (Å²) >= 11 is 0. The van der Waals surface area contributed by atoms with E-state index in [1.807, 2.05) is 0 Å². The van der Waals surface area contributed by atoms with Crippen LogP contribution in [-0.2, 0) is 28.9 Å². The van der Waals surface area contributed by atoms with Gasteiger partial charge < -0.3 is 4.74 Å². The van der Waals surface area contributed by atoms with Crippen molar-refractivity contribution in [1.29, 1.82) is 0 Å². The fourth-order valence-electron chi connectivity index (χ4n) is 2.26. The second kappa shape index (κ2) is 7.98. The molecule has 0 fully saturated rings. The Hall–Kier alpha value is -2.48. The first-order chi connectivity index (χ1) is 13.5. The zero-order valence-corrected chi connectivity index (χ0v) is 15.1. The number of alkyl halides is 9. The van der Waals surface area contributed by atoms with Crippen LogP contribution in [0.3, 0.4) is 0 Å². The molecule has 4 nitrogen and oxygen atoms in total.